The normalized spacial score (nSPS) is 14.7. The number of amides is 2. The number of urea groups is 1. The zero-order valence-corrected chi connectivity index (χ0v) is 17.1. The average molecular weight is 477 g/mol. The summed E-state index contributed by atoms with van der Waals surface area (Å²) in [5.74, 6) is -2.99. The summed E-state index contributed by atoms with van der Waals surface area (Å²) in [6.07, 6.45) is 0. The summed E-state index contributed by atoms with van der Waals surface area (Å²) in [6, 6.07) is 13.6. The molecule has 2 amide bonds. The van der Waals surface area contributed by atoms with Gasteiger partial charge in [0.2, 0.25) is 0 Å². The highest BCUT2D eigenvalue weighted by atomic mass is 79.9. The number of anilines is 1. The second kappa shape index (κ2) is 8.39. The molecule has 3 aromatic carbocycles. The van der Waals surface area contributed by atoms with Gasteiger partial charge >= 0.3 is 6.03 Å². The molecule has 0 fully saturated rings. The zero-order chi connectivity index (χ0) is 21.3. The summed E-state index contributed by atoms with van der Waals surface area (Å²) in [5, 5.41) is 4.76. The van der Waals surface area contributed by atoms with Gasteiger partial charge in [-0.25, -0.2) is 18.0 Å². The van der Waals surface area contributed by atoms with Crippen LogP contribution in [0, 0.1) is 17.5 Å². The smallest absolute Gasteiger partial charge is 0.319 e. The zero-order valence-electron chi connectivity index (χ0n) is 15.5. The van der Waals surface area contributed by atoms with Gasteiger partial charge in [0.05, 0.1) is 0 Å². The summed E-state index contributed by atoms with van der Waals surface area (Å²) in [7, 11) is 0. The first-order valence-corrected chi connectivity index (χ1v) is 9.91. The van der Waals surface area contributed by atoms with Gasteiger partial charge in [-0.3, -0.25) is 0 Å². The fourth-order valence-corrected chi connectivity index (χ4v) is 3.86. The minimum Gasteiger partial charge on any atom is -0.489 e. The van der Waals surface area contributed by atoms with Crippen molar-refractivity contribution < 1.29 is 22.7 Å². The van der Waals surface area contributed by atoms with Crippen molar-refractivity contribution in [2.45, 2.75) is 12.5 Å². The molecule has 1 unspecified atom stereocenters. The minimum atomic E-state index is -1.19. The number of hydrogen-bond acceptors (Lipinski definition) is 2. The van der Waals surface area contributed by atoms with Gasteiger partial charge in [0, 0.05) is 34.6 Å². The molecule has 8 heteroatoms. The lowest BCUT2D eigenvalue weighted by molar-refractivity contribution is 0.251. The van der Waals surface area contributed by atoms with Crippen LogP contribution in [0.2, 0.25) is 0 Å². The van der Waals surface area contributed by atoms with Crippen LogP contribution in [-0.4, -0.2) is 12.6 Å². The lowest BCUT2D eigenvalue weighted by Gasteiger charge is -2.20. The Morgan fingerprint density at radius 3 is 2.53 bits per heavy atom. The maximum atomic E-state index is 13.8. The summed E-state index contributed by atoms with van der Waals surface area (Å²) < 4.78 is 47.5. The van der Waals surface area contributed by atoms with E-state index < -0.39 is 29.2 Å². The number of halogens is 4. The molecule has 0 aliphatic carbocycles. The third kappa shape index (κ3) is 4.14. The first kappa shape index (κ1) is 20.3. The van der Waals surface area contributed by atoms with E-state index in [0.717, 1.165) is 21.2 Å². The first-order valence-electron chi connectivity index (χ1n) is 9.12. The SMILES string of the molecule is O=C(NCC1c2ccccc2COc2ccc(Br)cc21)Nc1c(F)cc(F)cc1F. The van der Waals surface area contributed by atoms with E-state index in [4.69, 9.17) is 4.74 Å². The topological polar surface area (TPSA) is 50.4 Å². The lowest BCUT2D eigenvalue weighted by Crippen LogP contribution is -2.33. The summed E-state index contributed by atoms with van der Waals surface area (Å²) >= 11 is 3.46. The van der Waals surface area contributed by atoms with Gasteiger partial charge in [0.1, 0.15) is 23.9 Å². The van der Waals surface area contributed by atoms with E-state index in [-0.39, 0.29) is 12.5 Å². The molecule has 3 aromatic rings. The molecule has 1 atom stereocenters. The summed E-state index contributed by atoms with van der Waals surface area (Å²) in [4.78, 5) is 12.3. The highest BCUT2D eigenvalue weighted by molar-refractivity contribution is 9.10. The van der Waals surface area contributed by atoms with Crippen molar-refractivity contribution in [2.24, 2.45) is 0 Å². The summed E-state index contributed by atoms with van der Waals surface area (Å²) in [6.45, 7) is 0.541. The predicted octanol–water partition coefficient (Wildman–Crippen LogP) is 5.71. The van der Waals surface area contributed by atoms with Crippen LogP contribution in [0.4, 0.5) is 23.7 Å². The molecule has 0 saturated carbocycles. The fourth-order valence-electron chi connectivity index (χ4n) is 3.49. The third-order valence-electron chi connectivity index (χ3n) is 4.87. The van der Waals surface area contributed by atoms with Crippen LogP contribution in [0.1, 0.15) is 22.6 Å². The first-order chi connectivity index (χ1) is 14.4. The van der Waals surface area contributed by atoms with Gasteiger partial charge in [0.15, 0.2) is 11.6 Å². The Labute approximate surface area is 179 Å². The number of fused-ring (bicyclic) bond motifs is 2. The van der Waals surface area contributed by atoms with Crippen molar-refractivity contribution in [1.29, 1.82) is 0 Å². The van der Waals surface area contributed by atoms with Crippen LogP contribution in [0.3, 0.4) is 0 Å². The summed E-state index contributed by atoms with van der Waals surface area (Å²) in [5.41, 5.74) is 2.12. The molecular formula is C22H16BrF3N2O2. The predicted molar refractivity (Wildman–Crippen MR) is 110 cm³/mol. The van der Waals surface area contributed by atoms with Gasteiger partial charge in [-0.15, -0.1) is 0 Å². The second-order valence-electron chi connectivity index (χ2n) is 6.80. The quantitative estimate of drug-likeness (QED) is 0.508. The highest BCUT2D eigenvalue weighted by Crippen LogP contribution is 2.38. The molecule has 1 heterocycles. The van der Waals surface area contributed by atoms with Crippen molar-refractivity contribution in [3.63, 3.8) is 0 Å². The Kier molecular flexibility index (Phi) is 5.67. The van der Waals surface area contributed by atoms with Crippen molar-refractivity contribution >= 4 is 27.6 Å². The van der Waals surface area contributed by atoms with Crippen LogP contribution in [0.5, 0.6) is 5.75 Å². The van der Waals surface area contributed by atoms with E-state index in [1.807, 2.05) is 42.5 Å². The van der Waals surface area contributed by atoms with E-state index in [1.165, 1.54) is 0 Å². The number of nitrogens with one attached hydrogen (secondary N) is 2. The van der Waals surface area contributed by atoms with E-state index in [9.17, 15) is 18.0 Å². The second-order valence-corrected chi connectivity index (χ2v) is 7.72. The van der Waals surface area contributed by atoms with E-state index in [2.05, 4.69) is 26.6 Å². The number of ether oxygens (including phenoxy) is 1. The van der Waals surface area contributed by atoms with Crippen molar-refractivity contribution in [3.05, 3.63) is 93.2 Å². The molecule has 1 aliphatic rings. The lowest BCUT2D eigenvalue weighted by atomic mass is 9.88. The molecule has 154 valence electrons. The average Bonchev–Trinajstić information content (AvgIpc) is 2.85. The largest absolute Gasteiger partial charge is 0.489 e. The maximum Gasteiger partial charge on any atom is 0.319 e. The van der Waals surface area contributed by atoms with Crippen LogP contribution < -0.4 is 15.4 Å². The number of hydrogen-bond donors (Lipinski definition) is 2. The van der Waals surface area contributed by atoms with Gasteiger partial charge in [-0.1, -0.05) is 40.2 Å². The highest BCUT2D eigenvalue weighted by Gasteiger charge is 2.25. The van der Waals surface area contributed by atoms with Gasteiger partial charge < -0.3 is 15.4 Å². The molecular weight excluding hydrogens is 461 g/mol. The molecule has 2 N–H and O–H groups in total. The molecule has 0 saturated heterocycles. The van der Waals surface area contributed by atoms with Gasteiger partial charge in [0.25, 0.3) is 0 Å². The fraction of sp³-hybridized carbons (Fsp3) is 0.136. The van der Waals surface area contributed by atoms with Crippen molar-refractivity contribution in [3.8, 4) is 5.75 Å². The van der Waals surface area contributed by atoms with E-state index in [1.54, 1.807) is 0 Å². The molecule has 0 radical (unpaired) electrons. The van der Waals surface area contributed by atoms with Crippen LogP contribution in [0.25, 0.3) is 0 Å². The molecule has 4 rings (SSSR count). The molecule has 0 spiro atoms. The van der Waals surface area contributed by atoms with E-state index >= 15 is 0 Å². The number of carbonyl (C=O) groups is 1. The number of benzene rings is 3. The monoisotopic (exact) mass is 476 g/mol. The number of rotatable bonds is 3. The van der Waals surface area contributed by atoms with Crippen LogP contribution >= 0.6 is 15.9 Å². The minimum absolute atomic E-state index is 0.153. The third-order valence-corrected chi connectivity index (χ3v) is 5.37. The van der Waals surface area contributed by atoms with E-state index in [0.29, 0.717) is 24.5 Å². The maximum absolute atomic E-state index is 13.8. The molecule has 30 heavy (non-hydrogen) atoms. The Balaban J connectivity index is 1.59. The molecule has 0 bridgehead atoms. The van der Waals surface area contributed by atoms with Crippen LogP contribution in [-0.2, 0) is 6.61 Å². The standard InChI is InChI=1S/C22H16BrF3N2O2/c23-13-5-6-20-16(7-13)17(15-4-2-1-3-12(15)11-30-20)10-27-22(29)28-21-18(25)8-14(24)9-19(21)26/h1-9,17H,10-11H2,(H2,27,28,29). The van der Waals surface area contributed by atoms with Crippen LogP contribution in [0.15, 0.2) is 59.1 Å². The Morgan fingerprint density at radius 2 is 1.77 bits per heavy atom. The van der Waals surface area contributed by atoms with Crippen molar-refractivity contribution in [2.75, 3.05) is 11.9 Å². The molecule has 0 aromatic heterocycles. The Bertz CT molecular complexity index is 1100. The molecule has 4 nitrogen and oxygen atoms in total. The Hall–Kier alpha value is -3.00. The molecule has 1 aliphatic heterocycles. The van der Waals surface area contributed by atoms with Gasteiger partial charge in [-0.2, -0.15) is 0 Å². The van der Waals surface area contributed by atoms with Gasteiger partial charge in [-0.05, 0) is 29.3 Å². The number of carbonyl (C=O) groups excluding carboxylic acids is 1. The Morgan fingerprint density at radius 1 is 1.03 bits per heavy atom. The van der Waals surface area contributed by atoms with Crippen molar-refractivity contribution in [1.82, 2.24) is 5.32 Å².